The van der Waals surface area contributed by atoms with Gasteiger partial charge in [0.25, 0.3) is 0 Å². The maximum atomic E-state index is 12.8. The van der Waals surface area contributed by atoms with E-state index in [1.165, 1.54) is 7.11 Å². The molecule has 4 aromatic carbocycles. The van der Waals surface area contributed by atoms with Crippen molar-refractivity contribution in [3.63, 3.8) is 0 Å². The molecule has 256 valence electrons. The highest BCUT2D eigenvalue weighted by Crippen LogP contribution is 2.38. The monoisotopic (exact) mass is 663 g/mol. The zero-order valence-corrected chi connectivity index (χ0v) is 28.1. The minimum atomic E-state index is -0.806. The molecule has 1 heterocycles. The third kappa shape index (κ3) is 10.1. The summed E-state index contributed by atoms with van der Waals surface area (Å²) in [4.78, 5) is 27.3. The van der Waals surface area contributed by atoms with Gasteiger partial charge in [0.1, 0.15) is 6.04 Å². The van der Waals surface area contributed by atoms with Gasteiger partial charge in [0.15, 0.2) is 6.29 Å². The van der Waals surface area contributed by atoms with E-state index in [9.17, 15) is 14.7 Å². The van der Waals surface area contributed by atoms with Crippen LogP contribution >= 0.6 is 0 Å². The van der Waals surface area contributed by atoms with E-state index in [0.717, 1.165) is 52.0 Å². The maximum absolute atomic E-state index is 12.8. The second kappa shape index (κ2) is 17.6. The quantitative estimate of drug-likeness (QED) is 0.111. The number of amides is 2. The lowest BCUT2D eigenvalue weighted by atomic mass is 9.99. The minimum Gasteiger partial charge on any atom is -0.467 e. The molecule has 9 nitrogen and oxygen atoms in total. The number of aliphatic hydroxyl groups is 1. The van der Waals surface area contributed by atoms with Gasteiger partial charge in [-0.05, 0) is 46.5 Å². The summed E-state index contributed by atoms with van der Waals surface area (Å²) < 4.78 is 17.9. The number of likely N-dealkylation sites (N-methyl/N-ethyl adjacent to an activating group) is 1. The van der Waals surface area contributed by atoms with E-state index in [1.807, 2.05) is 109 Å². The summed E-state index contributed by atoms with van der Waals surface area (Å²) in [6.07, 6.45) is 2.17. The van der Waals surface area contributed by atoms with Gasteiger partial charge in [-0.15, -0.1) is 6.58 Å². The third-order valence-corrected chi connectivity index (χ3v) is 8.54. The fourth-order valence-electron chi connectivity index (χ4n) is 5.95. The Labute approximate surface area is 288 Å². The lowest BCUT2D eigenvalue weighted by molar-refractivity contribution is -0.252. The number of nitrogens with one attached hydrogen (secondary N) is 2. The van der Waals surface area contributed by atoms with E-state index in [4.69, 9.17) is 14.2 Å². The molecule has 0 radical (unpaired) electrons. The number of carbonyl (C=O) groups is 2. The number of ether oxygens (including phenoxy) is 3. The van der Waals surface area contributed by atoms with Gasteiger partial charge in [0.2, 0.25) is 0 Å². The largest absolute Gasteiger partial charge is 0.467 e. The first-order valence-electron chi connectivity index (χ1n) is 16.5. The summed E-state index contributed by atoms with van der Waals surface area (Å²) in [5.74, 6) is -0.503. The van der Waals surface area contributed by atoms with Gasteiger partial charge in [0, 0.05) is 38.0 Å². The molecule has 5 rings (SSSR count). The lowest BCUT2D eigenvalue weighted by Gasteiger charge is -2.37. The predicted octanol–water partition coefficient (Wildman–Crippen LogP) is 6.09. The van der Waals surface area contributed by atoms with E-state index in [2.05, 4.69) is 29.2 Å². The first kappa shape index (κ1) is 35.5. The lowest BCUT2D eigenvalue weighted by Crippen LogP contribution is -2.47. The molecule has 3 N–H and O–H groups in total. The zero-order valence-electron chi connectivity index (χ0n) is 28.1. The number of aliphatic hydroxyl groups excluding tert-OH is 1. The van der Waals surface area contributed by atoms with Crippen LogP contribution in [0.3, 0.4) is 0 Å². The van der Waals surface area contributed by atoms with Gasteiger partial charge in [-0.2, -0.15) is 0 Å². The van der Waals surface area contributed by atoms with Crippen molar-refractivity contribution in [2.24, 2.45) is 0 Å². The SMILES string of the molecule is C=CCN(C)C[C@@H]1C[C@H](c2ccc(CO)cc2)O[C@H](c2ccc(-c3cccc(CNC(=O)N[C@@H](Cc4ccccc4)C(=O)OC)c3)cc2)O1. The fourth-order valence-corrected chi connectivity index (χ4v) is 5.95. The van der Waals surface area contributed by atoms with Crippen LogP contribution in [-0.2, 0) is 38.6 Å². The van der Waals surface area contributed by atoms with E-state index in [0.29, 0.717) is 12.8 Å². The molecule has 1 aliphatic rings. The van der Waals surface area contributed by atoms with Crippen molar-refractivity contribution in [3.8, 4) is 11.1 Å². The minimum absolute atomic E-state index is 0.000269. The molecule has 4 aromatic rings. The molecule has 0 unspecified atom stereocenters. The molecule has 0 aromatic heterocycles. The van der Waals surface area contributed by atoms with Gasteiger partial charge in [-0.1, -0.05) is 103 Å². The highest BCUT2D eigenvalue weighted by Gasteiger charge is 2.32. The molecule has 0 bridgehead atoms. The average molecular weight is 664 g/mol. The van der Waals surface area contributed by atoms with Crippen molar-refractivity contribution < 1.29 is 28.9 Å². The van der Waals surface area contributed by atoms with E-state index >= 15 is 0 Å². The van der Waals surface area contributed by atoms with Crippen LogP contribution in [0.25, 0.3) is 11.1 Å². The van der Waals surface area contributed by atoms with E-state index in [-0.39, 0.29) is 25.4 Å². The summed E-state index contributed by atoms with van der Waals surface area (Å²) in [6.45, 7) is 5.64. The van der Waals surface area contributed by atoms with Crippen molar-refractivity contribution in [1.82, 2.24) is 15.5 Å². The number of carbonyl (C=O) groups excluding carboxylic acids is 2. The molecule has 9 heteroatoms. The Balaban J connectivity index is 1.23. The highest BCUT2D eigenvalue weighted by molar-refractivity contribution is 5.83. The Morgan fingerprint density at radius 2 is 1.63 bits per heavy atom. The number of esters is 1. The fraction of sp³-hybridized carbons (Fsp3) is 0.300. The summed E-state index contributed by atoms with van der Waals surface area (Å²) >= 11 is 0. The van der Waals surface area contributed by atoms with Gasteiger partial charge in [-0.3, -0.25) is 0 Å². The summed E-state index contributed by atoms with van der Waals surface area (Å²) in [5, 5.41) is 15.1. The van der Waals surface area contributed by atoms with Crippen molar-refractivity contribution in [3.05, 3.63) is 144 Å². The first-order chi connectivity index (χ1) is 23.8. The number of methoxy groups -OCH3 is 1. The van der Waals surface area contributed by atoms with Crippen molar-refractivity contribution in [2.45, 2.75) is 50.5 Å². The number of urea groups is 1. The molecule has 0 aliphatic carbocycles. The molecule has 1 fully saturated rings. The average Bonchev–Trinajstić information content (AvgIpc) is 3.14. The van der Waals surface area contributed by atoms with Gasteiger partial charge >= 0.3 is 12.0 Å². The number of hydrogen-bond donors (Lipinski definition) is 3. The van der Waals surface area contributed by atoms with Crippen LogP contribution in [0.1, 0.15) is 46.6 Å². The predicted molar refractivity (Wildman–Crippen MR) is 189 cm³/mol. The Morgan fingerprint density at radius 1 is 0.918 bits per heavy atom. The second-order valence-corrected chi connectivity index (χ2v) is 12.3. The summed E-state index contributed by atoms with van der Waals surface area (Å²) in [7, 11) is 3.36. The first-order valence-corrected chi connectivity index (χ1v) is 16.5. The number of rotatable bonds is 14. The zero-order chi connectivity index (χ0) is 34.6. The van der Waals surface area contributed by atoms with Gasteiger partial charge in [-0.25, -0.2) is 9.59 Å². The molecule has 1 aliphatic heterocycles. The Kier molecular flexibility index (Phi) is 12.7. The number of nitrogens with zero attached hydrogens (tertiary/aromatic N) is 1. The smallest absolute Gasteiger partial charge is 0.328 e. The van der Waals surface area contributed by atoms with Crippen molar-refractivity contribution in [1.29, 1.82) is 0 Å². The van der Waals surface area contributed by atoms with Crippen LogP contribution in [0.4, 0.5) is 4.79 Å². The molecule has 49 heavy (non-hydrogen) atoms. The molecule has 2 amide bonds. The van der Waals surface area contributed by atoms with Crippen LogP contribution in [0, 0.1) is 0 Å². The van der Waals surface area contributed by atoms with Crippen LogP contribution in [-0.4, -0.2) is 61.4 Å². The topological polar surface area (TPSA) is 109 Å². The Bertz CT molecular complexity index is 1660. The molecular weight excluding hydrogens is 618 g/mol. The number of hydrogen-bond acceptors (Lipinski definition) is 7. The second-order valence-electron chi connectivity index (χ2n) is 12.3. The Hall–Kier alpha value is -4.80. The van der Waals surface area contributed by atoms with Gasteiger partial charge < -0.3 is 34.9 Å². The van der Waals surface area contributed by atoms with Gasteiger partial charge in [0.05, 0.1) is 25.9 Å². The van der Waals surface area contributed by atoms with E-state index in [1.54, 1.807) is 0 Å². The normalized spacial score (nSPS) is 18.0. The third-order valence-electron chi connectivity index (χ3n) is 8.54. The van der Waals surface area contributed by atoms with Crippen LogP contribution in [0.5, 0.6) is 0 Å². The van der Waals surface area contributed by atoms with Crippen LogP contribution in [0.2, 0.25) is 0 Å². The highest BCUT2D eigenvalue weighted by atomic mass is 16.7. The molecule has 0 saturated carbocycles. The molecule has 4 atom stereocenters. The Morgan fingerprint density at radius 3 is 2.33 bits per heavy atom. The summed E-state index contributed by atoms with van der Waals surface area (Å²) in [5.41, 5.74) is 6.67. The van der Waals surface area contributed by atoms with Crippen molar-refractivity contribution in [2.75, 3.05) is 27.2 Å². The summed E-state index contributed by atoms with van der Waals surface area (Å²) in [6, 6.07) is 32.2. The maximum Gasteiger partial charge on any atom is 0.328 e. The van der Waals surface area contributed by atoms with Crippen molar-refractivity contribution >= 4 is 12.0 Å². The standard InChI is InChI=1S/C40H45N3O6/c1-4-21-43(2)26-35-24-37(32-15-13-29(27-44)14-16-32)49-39(48-35)33-19-17-31(18-20-33)34-12-8-11-30(22-34)25-41-40(46)42-36(38(45)47-3)23-28-9-6-5-7-10-28/h4-20,22,35-37,39,44H,1,21,23-27H2,2-3H3,(H2,41,42,46)/t35-,36-,37+,39+/m0/s1. The molecular formula is C40H45N3O6. The molecule has 1 saturated heterocycles. The number of benzene rings is 4. The van der Waals surface area contributed by atoms with Crippen LogP contribution in [0.15, 0.2) is 116 Å². The van der Waals surface area contributed by atoms with E-state index < -0.39 is 24.3 Å². The van der Waals surface area contributed by atoms with Crippen LogP contribution < -0.4 is 10.6 Å². The molecule has 0 spiro atoms.